The Morgan fingerprint density at radius 1 is 1.32 bits per heavy atom. The molecule has 3 rings (SSSR count). The largest absolute Gasteiger partial charge is 0.395 e. The molecule has 0 bridgehead atoms. The molecular weight excluding hydrogens is 236 g/mol. The summed E-state index contributed by atoms with van der Waals surface area (Å²) in [5.74, 6) is 1.11. The molecule has 1 N–H and O–H groups in total. The van der Waals surface area contributed by atoms with Crippen LogP contribution in [-0.2, 0) is 17.9 Å². The predicted molar refractivity (Wildman–Crippen MR) is 77.4 cm³/mol. The molecular formula is C16H22N2O. The highest BCUT2D eigenvalue weighted by Gasteiger charge is 2.43. The minimum atomic E-state index is 0.0214. The second-order valence-corrected chi connectivity index (χ2v) is 6.89. The van der Waals surface area contributed by atoms with Crippen LogP contribution >= 0.6 is 0 Å². The van der Waals surface area contributed by atoms with E-state index in [1.807, 2.05) is 0 Å². The highest BCUT2D eigenvalue weighted by molar-refractivity contribution is 5.77. The molecule has 0 aliphatic heterocycles. The van der Waals surface area contributed by atoms with E-state index >= 15 is 0 Å². The van der Waals surface area contributed by atoms with Crippen LogP contribution in [0.15, 0.2) is 18.2 Å². The summed E-state index contributed by atoms with van der Waals surface area (Å²) in [6.07, 6.45) is 2.18. The minimum Gasteiger partial charge on any atom is -0.395 e. The molecule has 1 aliphatic rings. The summed E-state index contributed by atoms with van der Waals surface area (Å²) in [4.78, 5) is 4.80. The second-order valence-electron chi connectivity index (χ2n) is 6.89. The first-order valence-corrected chi connectivity index (χ1v) is 6.96. The van der Waals surface area contributed by atoms with Crippen molar-refractivity contribution in [2.45, 2.75) is 44.4 Å². The van der Waals surface area contributed by atoms with E-state index in [0.29, 0.717) is 0 Å². The molecule has 1 aromatic carbocycles. The fourth-order valence-electron chi connectivity index (χ4n) is 2.89. The van der Waals surface area contributed by atoms with Crippen molar-refractivity contribution in [2.24, 2.45) is 7.05 Å². The fourth-order valence-corrected chi connectivity index (χ4v) is 2.89. The maximum absolute atomic E-state index is 9.55. The number of aliphatic hydroxyl groups excluding tert-OH is 1. The van der Waals surface area contributed by atoms with E-state index in [1.165, 1.54) is 11.1 Å². The predicted octanol–water partition coefficient (Wildman–Crippen LogP) is 2.89. The molecule has 3 heteroatoms. The van der Waals surface area contributed by atoms with Crippen molar-refractivity contribution in [3.05, 3.63) is 29.6 Å². The van der Waals surface area contributed by atoms with Crippen molar-refractivity contribution in [2.75, 3.05) is 6.61 Å². The van der Waals surface area contributed by atoms with Gasteiger partial charge >= 0.3 is 0 Å². The Labute approximate surface area is 114 Å². The number of nitrogens with zero attached hydrogens (tertiary/aromatic N) is 2. The zero-order valence-corrected chi connectivity index (χ0v) is 12.2. The molecule has 0 saturated heterocycles. The lowest BCUT2D eigenvalue weighted by molar-refractivity contribution is 0.255. The van der Waals surface area contributed by atoms with E-state index in [4.69, 9.17) is 4.98 Å². The van der Waals surface area contributed by atoms with Gasteiger partial charge in [-0.05, 0) is 30.5 Å². The summed E-state index contributed by atoms with van der Waals surface area (Å²) < 4.78 is 2.18. The Kier molecular flexibility index (Phi) is 2.55. The molecule has 1 heterocycles. The van der Waals surface area contributed by atoms with Gasteiger partial charge in [-0.15, -0.1) is 0 Å². The normalized spacial score (nSPS) is 17.9. The van der Waals surface area contributed by atoms with Gasteiger partial charge in [0.2, 0.25) is 0 Å². The molecule has 0 unspecified atom stereocenters. The molecule has 1 aliphatic carbocycles. The van der Waals surface area contributed by atoms with E-state index < -0.39 is 0 Å². The zero-order chi connectivity index (χ0) is 13.8. The summed E-state index contributed by atoms with van der Waals surface area (Å²) in [5.41, 5.74) is 3.52. The molecule has 3 nitrogen and oxygen atoms in total. The number of aliphatic hydroxyl groups is 1. The third kappa shape index (κ3) is 1.88. The Balaban J connectivity index is 2.15. The van der Waals surface area contributed by atoms with Crippen LogP contribution < -0.4 is 0 Å². The lowest BCUT2D eigenvalue weighted by Gasteiger charge is -2.17. The van der Waals surface area contributed by atoms with Crippen LogP contribution in [-0.4, -0.2) is 21.3 Å². The average Bonchev–Trinajstić information content (AvgIpc) is 3.08. The summed E-state index contributed by atoms with van der Waals surface area (Å²) in [5, 5.41) is 9.55. The van der Waals surface area contributed by atoms with Crippen LogP contribution in [0.3, 0.4) is 0 Å². The first-order chi connectivity index (χ1) is 8.87. The van der Waals surface area contributed by atoms with Gasteiger partial charge in [0.1, 0.15) is 5.82 Å². The van der Waals surface area contributed by atoms with Crippen molar-refractivity contribution < 1.29 is 5.11 Å². The number of aryl methyl sites for hydroxylation is 1. The summed E-state index contributed by atoms with van der Waals surface area (Å²) in [6, 6.07) is 6.45. The number of rotatable bonds is 2. The minimum absolute atomic E-state index is 0.0214. The summed E-state index contributed by atoms with van der Waals surface area (Å²) >= 11 is 0. The lowest BCUT2D eigenvalue weighted by Crippen LogP contribution is -2.17. The number of hydrogen-bond acceptors (Lipinski definition) is 2. The molecule has 1 saturated carbocycles. The zero-order valence-electron chi connectivity index (χ0n) is 12.2. The SMILES string of the molecule is Cn1c(C(C)(C)C)nc2cc(C3(CO)CC3)ccc21. The maximum atomic E-state index is 9.55. The third-order valence-corrected chi connectivity index (χ3v) is 4.32. The van der Waals surface area contributed by atoms with Crippen molar-refractivity contribution in [1.82, 2.24) is 9.55 Å². The molecule has 0 atom stereocenters. The Bertz CT molecular complexity index is 630. The fraction of sp³-hybridized carbons (Fsp3) is 0.562. The van der Waals surface area contributed by atoms with Crippen LogP contribution in [0.5, 0.6) is 0 Å². The van der Waals surface area contributed by atoms with Crippen molar-refractivity contribution in [1.29, 1.82) is 0 Å². The van der Waals surface area contributed by atoms with E-state index in [9.17, 15) is 5.11 Å². The van der Waals surface area contributed by atoms with Crippen LogP contribution in [0.1, 0.15) is 45.0 Å². The van der Waals surface area contributed by atoms with Gasteiger partial charge in [0.05, 0.1) is 17.6 Å². The van der Waals surface area contributed by atoms with Crippen molar-refractivity contribution >= 4 is 11.0 Å². The summed E-state index contributed by atoms with van der Waals surface area (Å²) in [6.45, 7) is 6.80. The van der Waals surface area contributed by atoms with E-state index in [0.717, 1.165) is 24.2 Å². The smallest absolute Gasteiger partial charge is 0.115 e. The number of hydrogen-bond donors (Lipinski definition) is 1. The van der Waals surface area contributed by atoms with Gasteiger partial charge < -0.3 is 9.67 Å². The van der Waals surface area contributed by atoms with E-state index in [2.05, 4.69) is 50.6 Å². The third-order valence-electron chi connectivity index (χ3n) is 4.32. The Morgan fingerprint density at radius 3 is 2.53 bits per heavy atom. The highest BCUT2D eigenvalue weighted by atomic mass is 16.3. The molecule has 0 radical (unpaired) electrons. The number of benzene rings is 1. The Morgan fingerprint density at radius 2 is 2.00 bits per heavy atom. The molecule has 0 amide bonds. The van der Waals surface area contributed by atoms with E-state index in [-0.39, 0.29) is 17.4 Å². The maximum Gasteiger partial charge on any atom is 0.115 e. The van der Waals surface area contributed by atoms with Gasteiger partial charge in [-0.1, -0.05) is 26.8 Å². The number of imidazole rings is 1. The van der Waals surface area contributed by atoms with Crippen molar-refractivity contribution in [3.63, 3.8) is 0 Å². The van der Waals surface area contributed by atoms with Gasteiger partial charge in [0.15, 0.2) is 0 Å². The first-order valence-electron chi connectivity index (χ1n) is 6.96. The monoisotopic (exact) mass is 258 g/mol. The highest BCUT2D eigenvalue weighted by Crippen LogP contribution is 2.48. The van der Waals surface area contributed by atoms with Gasteiger partial charge in [-0.2, -0.15) is 0 Å². The quantitative estimate of drug-likeness (QED) is 0.899. The van der Waals surface area contributed by atoms with Gasteiger partial charge in [0.25, 0.3) is 0 Å². The van der Waals surface area contributed by atoms with Gasteiger partial charge in [0, 0.05) is 17.9 Å². The van der Waals surface area contributed by atoms with Crippen LogP contribution in [0.2, 0.25) is 0 Å². The molecule has 19 heavy (non-hydrogen) atoms. The standard InChI is InChI=1S/C16H22N2O/c1-15(2,3)14-17-12-9-11(16(10-19)7-8-16)5-6-13(12)18(14)4/h5-6,9,19H,7-8,10H2,1-4H3. The topological polar surface area (TPSA) is 38.0 Å². The average molecular weight is 258 g/mol. The lowest BCUT2D eigenvalue weighted by atomic mass is 9.96. The molecule has 1 fully saturated rings. The Hall–Kier alpha value is -1.35. The van der Waals surface area contributed by atoms with Gasteiger partial charge in [-0.3, -0.25) is 0 Å². The molecule has 102 valence electrons. The molecule has 0 spiro atoms. The van der Waals surface area contributed by atoms with Gasteiger partial charge in [-0.25, -0.2) is 4.98 Å². The van der Waals surface area contributed by atoms with E-state index in [1.54, 1.807) is 0 Å². The molecule has 2 aromatic rings. The van der Waals surface area contributed by atoms with Crippen LogP contribution in [0, 0.1) is 0 Å². The second kappa shape index (κ2) is 3.83. The molecule has 1 aromatic heterocycles. The van der Waals surface area contributed by atoms with Crippen molar-refractivity contribution in [3.8, 4) is 0 Å². The number of aromatic nitrogens is 2. The van der Waals surface area contributed by atoms with Crippen LogP contribution in [0.25, 0.3) is 11.0 Å². The summed E-state index contributed by atoms with van der Waals surface area (Å²) in [7, 11) is 2.08. The number of fused-ring (bicyclic) bond motifs is 1. The van der Waals surface area contributed by atoms with Crippen LogP contribution in [0.4, 0.5) is 0 Å². The first kappa shape index (κ1) is 12.7.